The van der Waals surface area contributed by atoms with Gasteiger partial charge in [0.05, 0.1) is 13.2 Å². The third kappa shape index (κ3) is 4.77. The summed E-state index contributed by atoms with van der Waals surface area (Å²) in [4.78, 5) is 16.2. The van der Waals surface area contributed by atoms with Crippen molar-refractivity contribution in [3.05, 3.63) is 71.8 Å². The van der Waals surface area contributed by atoms with Gasteiger partial charge in [0.15, 0.2) is 6.33 Å². The van der Waals surface area contributed by atoms with Crippen LogP contribution in [-0.2, 0) is 6.54 Å². The normalized spacial score (nSPS) is 16.2. The van der Waals surface area contributed by atoms with Gasteiger partial charge in [-0.15, -0.1) is 10.2 Å². The van der Waals surface area contributed by atoms with Crippen LogP contribution in [0.15, 0.2) is 54.9 Å². The standard InChI is InChI=1S/C21H22FN5O2/c22-19-6-2-16(3-7-19)18-10-12-26(14-18)21(28)17-4-8-20(9-5-17)29-13-1-11-27-24-15-23-25-27/h2-9,15,18H,1,10-14H2/t18-/m0/s1. The summed E-state index contributed by atoms with van der Waals surface area (Å²) < 4.78 is 18.8. The first-order valence-corrected chi connectivity index (χ1v) is 9.67. The van der Waals surface area contributed by atoms with Crippen LogP contribution in [0.5, 0.6) is 5.75 Å². The van der Waals surface area contributed by atoms with Crippen LogP contribution < -0.4 is 4.74 Å². The lowest BCUT2D eigenvalue weighted by Crippen LogP contribution is -2.28. The fourth-order valence-electron chi connectivity index (χ4n) is 3.52. The maximum absolute atomic E-state index is 13.1. The average Bonchev–Trinajstić information content (AvgIpc) is 3.44. The van der Waals surface area contributed by atoms with Crippen molar-refractivity contribution in [3.63, 3.8) is 0 Å². The van der Waals surface area contributed by atoms with Crippen LogP contribution in [-0.4, -0.2) is 50.7 Å². The predicted octanol–water partition coefficient (Wildman–Crippen LogP) is 2.91. The van der Waals surface area contributed by atoms with E-state index in [0.29, 0.717) is 31.8 Å². The van der Waals surface area contributed by atoms with Gasteiger partial charge < -0.3 is 9.64 Å². The quantitative estimate of drug-likeness (QED) is 0.575. The number of carbonyl (C=O) groups excluding carboxylic acids is 1. The fourth-order valence-corrected chi connectivity index (χ4v) is 3.52. The number of tetrazole rings is 1. The van der Waals surface area contributed by atoms with E-state index < -0.39 is 0 Å². The highest BCUT2D eigenvalue weighted by molar-refractivity contribution is 5.94. The second kappa shape index (κ2) is 8.81. The molecule has 1 saturated heterocycles. The van der Waals surface area contributed by atoms with Crippen molar-refractivity contribution in [1.82, 2.24) is 25.1 Å². The van der Waals surface area contributed by atoms with Crippen LogP contribution in [0, 0.1) is 5.82 Å². The van der Waals surface area contributed by atoms with E-state index >= 15 is 0 Å². The SMILES string of the molecule is O=C(c1ccc(OCCCn2ncnn2)cc1)N1CC[C@H](c2ccc(F)cc2)C1. The number of carbonyl (C=O) groups is 1. The largest absolute Gasteiger partial charge is 0.494 e. The van der Waals surface area contributed by atoms with Crippen molar-refractivity contribution in [3.8, 4) is 5.75 Å². The molecule has 1 amide bonds. The molecule has 1 aliphatic rings. The van der Waals surface area contributed by atoms with E-state index in [9.17, 15) is 9.18 Å². The molecular weight excluding hydrogens is 373 g/mol. The topological polar surface area (TPSA) is 73.1 Å². The van der Waals surface area contributed by atoms with Crippen molar-refractivity contribution in [1.29, 1.82) is 0 Å². The molecule has 150 valence electrons. The van der Waals surface area contributed by atoms with Gasteiger partial charge in [-0.25, -0.2) is 4.39 Å². The summed E-state index contributed by atoms with van der Waals surface area (Å²) in [6.45, 7) is 2.52. The zero-order valence-corrected chi connectivity index (χ0v) is 15.9. The maximum atomic E-state index is 13.1. The van der Waals surface area contributed by atoms with E-state index in [-0.39, 0.29) is 17.6 Å². The maximum Gasteiger partial charge on any atom is 0.253 e. The molecule has 0 bridgehead atoms. The summed E-state index contributed by atoms with van der Waals surface area (Å²) in [5, 5.41) is 11.4. The van der Waals surface area contributed by atoms with E-state index in [1.54, 1.807) is 24.3 Å². The van der Waals surface area contributed by atoms with Gasteiger partial charge in [-0.1, -0.05) is 12.1 Å². The predicted molar refractivity (Wildman–Crippen MR) is 104 cm³/mol. The van der Waals surface area contributed by atoms with Gasteiger partial charge in [-0.2, -0.15) is 4.80 Å². The lowest BCUT2D eigenvalue weighted by Gasteiger charge is -2.17. The van der Waals surface area contributed by atoms with E-state index in [4.69, 9.17) is 4.74 Å². The number of aryl methyl sites for hydroxylation is 1. The number of hydrogen-bond acceptors (Lipinski definition) is 5. The molecule has 1 fully saturated rings. The van der Waals surface area contributed by atoms with Crippen LogP contribution >= 0.6 is 0 Å². The number of ether oxygens (including phenoxy) is 1. The Morgan fingerprint density at radius 3 is 2.66 bits per heavy atom. The Bertz CT molecular complexity index is 929. The van der Waals surface area contributed by atoms with Crippen LogP contribution in [0.4, 0.5) is 4.39 Å². The zero-order chi connectivity index (χ0) is 20.1. The number of hydrogen-bond donors (Lipinski definition) is 0. The molecule has 0 saturated carbocycles. The molecule has 29 heavy (non-hydrogen) atoms. The Labute approximate surface area is 168 Å². The first kappa shape index (κ1) is 19.0. The van der Waals surface area contributed by atoms with Gasteiger partial charge >= 0.3 is 0 Å². The molecule has 2 heterocycles. The van der Waals surface area contributed by atoms with Gasteiger partial charge in [0.1, 0.15) is 11.6 Å². The van der Waals surface area contributed by atoms with Crippen molar-refractivity contribution >= 4 is 5.91 Å². The summed E-state index contributed by atoms with van der Waals surface area (Å²) in [6, 6.07) is 13.8. The summed E-state index contributed by atoms with van der Waals surface area (Å²) >= 11 is 0. The molecule has 8 heteroatoms. The Kier molecular flexibility index (Phi) is 5.79. The van der Waals surface area contributed by atoms with Gasteiger partial charge in [0.25, 0.3) is 5.91 Å². The van der Waals surface area contributed by atoms with Crippen LogP contribution in [0.2, 0.25) is 0 Å². The third-order valence-electron chi connectivity index (χ3n) is 5.08. The Hall–Kier alpha value is -3.29. The second-order valence-electron chi connectivity index (χ2n) is 7.05. The molecule has 0 aliphatic carbocycles. The third-order valence-corrected chi connectivity index (χ3v) is 5.08. The summed E-state index contributed by atoms with van der Waals surface area (Å²) in [5.41, 5.74) is 1.72. The minimum Gasteiger partial charge on any atom is -0.494 e. The van der Waals surface area contributed by atoms with Crippen molar-refractivity contribution in [2.75, 3.05) is 19.7 Å². The monoisotopic (exact) mass is 395 g/mol. The van der Waals surface area contributed by atoms with Crippen LogP contribution in [0.1, 0.15) is 34.7 Å². The minimum atomic E-state index is -0.239. The smallest absolute Gasteiger partial charge is 0.253 e. The van der Waals surface area contributed by atoms with Gasteiger partial charge in [0, 0.05) is 31.0 Å². The molecule has 1 aliphatic heterocycles. The van der Waals surface area contributed by atoms with Crippen molar-refractivity contribution in [2.24, 2.45) is 0 Å². The Morgan fingerprint density at radius 1 is 1.14 bits per heavy atom. The molecule has 7 nitrogen and oxygen atoms in total. The molecule has 0 N–H and O–H groups in total. The number of amides is 1. The van der Waals surface area contributed by atoms with Gasteiger partial charge in [-0.3, -0.25) is 4.79 Å². The number of nitrogens with zero attached hydrogens (tertiary/aromatic N) is 5. The Morgan fingerprint density at radius 2 is 1.93 bits per heavy atom. The zero-order valence-electron chi connectivity index (χ0n) is 15.9. The van der Waals surface area contributed by atoms with E-state index in [0.717, 1.165) is 24.2 Å². The first-order chi connectivity index (χ1) is 14.2. The van der Waals surface area contributed by atoms with Gasteiger partial charge in [-0.05, 0) is 53.6 Å². The average molecular weight is 395 g/mol. The number of likely N-dealkylation sites (tertiary alicyclic amines) is 1. The lowest BCUT2D eigenvalue weighted by molar-refractivity contribution is 0.0790. The summed E-state index contributed by atoms with van der Waals surface area (Å²) in [7, 11) is 0. The second-order valence-corrected chi connectivity index (χ2v) is 7.05. The van der Waals surface area contributed by atoms with Crippen LogP contribution in [0.3, 0.4) is 0 Å². The molecule has 0 unspecified atom stereocenters. The molecule has 0 radical (unpaired) electrons. The molecule has 3 aromatic rings. The number of halogens is 1. The summed E-state index contributed by atoms with van der Waals surface area (Å²) in [6.07, 6.45) is 3.05. The number of benzene rings is 2. The van der Waals surface area contributed by atoms with Gasteiger partial charge in [0.2, 0.25) is 0 Å². The molecule has 1 atom stereocenters. The fraction of sp³-hybridized carbons (Fsp3) is 0.333. The molecule has 2 aromatic carbocycles. The molecule has 1 aromatic heterocycles. The van der Waals surface area contributed by atoms with Crippen molar-refractivity contribution in [2.45, 2.75) is 25.3 Å². The minimum absolute atomic E-state index is 0.0124. The number of rotatable bonds is 7. The van der Waals surface area contributed by atoms with E-state index in [1.165, 1.54) is 23.3 Å². The highest BCUT2D eigenvalue weighted by atomic mass is 19.1. The van der Waals surface area contributed by atoms with Crippen LogP contribution in [0.25, 0.3) is 0 Å². The molecule has 0 spiro atoms. The summed E-state index contributed by atoms with van der Waals surface area (Å²) in [5.74, 6) is 0.746. The van der Waals surface area contributed by atoms with E-state index in [1.807, 2.05) is 17.0 Å². The highest BCUT2D eigenvalue weighted by Crippen LogP contribution is 2.28. The first-order valence-electron chi connectivity index (χ1n) is 9.67. The highest BCUT2D eigenvalue weighted by Gasteiger charge is 2.27. The number of aromatic nitrogens is 4. The molecular formula is C21H22FN5O2. The Balaban J connectivity index is 1.27. The van der Waals surface area contributed by atoms with Crippen molar-refractivity contribution < 1.29 is 13.9 Å². The molecule has 4 rings (SSSR count). The lowest BCUT2D eigenvalue weighted by atomic mass is 9.99. The van der Waals surface area contributed by atoms with E-state index in [2.05, 4.69) is 15.4 Å².